The van der Waals surface area contributed by atoms with E-state index < -0.39 is 0 Å². The average Bonchev–Trinajstić information content (AvgIpc) is 3.12. The minimum absolute atomic E-state index is 0.0785. The second kappa shape index (κ2) is 6.74. The number of amides is 1. The molecule has 2 rings (SSSR count). The first-order valence-corrected chi connectivity index (χ1v) is 7.55. The van der Waals surface area contributed by atoms with E-state index in [9.17, 15) is 4.79 Å². The Labute approximate surface area is 118 Å². The Morgan fingerprint density at radius 3 is 2.95 bits per heavy atom. The summed E-state index contributed by atoms with van der Waals surface area (Å²) in [6, 6.07) is 3.73. The van der Waals surface area contributed by atoms with E-state index in [1.807, 2.05) is 24.0 Å². The first-order valence-electron chi connectivity index (χ1n) is 6.73. The first-order chi connectivity index (χ1) is 9.24. The molecule has 0 spiro atoms. The van der Waals surface area contributed by atoms with Crippen molar-refractivity contribution < 1.29 is 9.90 Å². The Morgan fingerprint density at radius 1 is 1.53 bits per heavy atom. The maximum absolute atomic E-state index is 12.3. The minimum atomic E-state index is 0.0785. The van der Waals surface area contributed by atoms with Crippen LogP contribution in [0.3, 0.4) is 0 Å². The van der Waals surface area contributed by atoms with Crippen molar-refractivity contribution in [3.05, 3.63) is 21.9 Å². The summed E-state index contributed by atoms with van der Waals surface area (Å²) in [5.74, 6) is 6.68. The summed E-state index contributed by atoms with van der Waals surface area (Å²) in [6.07, 6.45) is 2.99. The van der Waals surface area contributed by atoms with Gasteiger partial charge in [0, 0.05) is 19.5 Å². The second-order valence-corrected chi connectivity index (χ2v) is 5.81. The summed E-state index contributed by atoms with van der Waals surface area (Å²) in [6.45, 7) is 3.75. The van der Waals surface area contributed by atoms with Crippen molar-refractivity contribution in [2.45, 2.75) is 26.2 Å². The van der Waals surface area contributed by atoms with Crippen molar-refractivity contribution in [1.82, 2.24) is 4.90 Å². The van der Waals surface area contributed by atoms with Gasteiger partial charge in [0.05, 0.1) is 16.4 Å². The van der Waals surface area contributed by atoms with Gasteiger partial charge in [-0.3, -0.25) is 4.79 Å². The number of rotatable bonds is 5. The van der Waals surface area contributed by atoms with Crippen LogP contribution in [0.2, 0.25) is 0 Å². The molecule has 0 bridgehead atoms. The number of nitrogens with zero attached hydrogens (tertiary/aromatic N) is 1. The highest BCUT2D eigenvalue weighted by molar-refractivity contribution is 7.14. The van der Waals surface area contributed by atoms with Gasteiger partial charge in [0.25, 0.3) is 5.91 Å². The molecule has 1 N–H and O–H groups in total. The van der Waals surface area contributed by atoms with Crippen LogP contribution in [0.15, 0.2) is 12.1 Å². The highest BCUT2D eigenvalue weighted by atomic mass is 32.1. The zero-order valence-electron chi connectivity index (χ0n) is 11.2. The van der Waals surface area contributed by atoms with Crippen molar-refractivity contribution in [3.8, 4) is 11.8 Å². The molecule has 4 heteroatoms. The SMILES string of the molecule is CCN(CC1CC1)C(=O)c1ccc(C#CCCO)s1. The molecule has 1 aromatic rings. The highest BCUT2D eigenvalue weighted by Gasteiger charge is 2.26. The topological polar surface area (TPSA) is 40.5 Å². The van der Waals surface area contributed by atoms with Crippen LogP contribution >= 0.6 is 11.3 Å². The van der Waals surface area contributed by atoms with Crippen molar-refractivity contribution in [2.75, 3.05) is 19.7 Å². The molecule has 1 saturated carbocycles. The van der Waals surface area contributed by atoms with Crippen LogP contribution in [0.25, 0.3) is 0 Å². The maximum Gasteiger partial charge on any atom is 0.263 e. The van der Waals surface area contributed by atoms with E-state index in [4.69, 9.17) is 5.11 Å². The third-order valence-electron chi connectivity index (χ3n) is 3.11. The largest absolute Gasteiger partial charge is 0.395 e. The zero-order chi connectivity index (χ0) is 13.7. The van der Waals surface area contributed by atoms with Gasteiger partial charge in [0.1, 0.15) is 0 Å². The normalized spacial score (nSPS) is 13.8. The average molecular weight is 277 g/mol. The molecule has 3 nitrogen and oxygen atoms in total. The predicted molar refractivity (Wildman–Crippen MR) is 77.2 cm³/mol. The molecule has 0 aromatic carbocycles. The summed E-state index contributed by atoms with van der Waals surface area (Å²) in [5.41, 5.74) is 0. The smallest absolute Gasteiger partial charge is 0.263 e. The van der Waals surface area contributed by atoms with Gasteiger partial charge in [0.2, 0.25) is 0 Å². The van der Waals surface area contributed by atoms with Crippen LogP contribution in [0.4, 0.5) is 0 Å². The molecule has 0 saturated heterocycles. The van der Waals surface area contributed by atoms with E-state index in [-0.39, 0.29) is 12.5 Å². The van der Waals surface area contributed by atoms with Gasteiger partial charge < -0.3 is 10.0 Å². The van der Waals surface area contributed by atoms with Gasteiger partial charge in [-0.05, 0) is 37.8 Å². The van der Waals surface area contributed by atoms with Gasteiger partial charge in [-0.25, -0.2) is 0 Å². The Bertz CT molecular complexity index is 494. The van der Waals surface area contributed by atoms with Crippen LogP contribution in [0, 0.1) is 17.8 Å². The zero-order valence-corrected chi connectivity index (χ0v) is 12.0. The molecule has 1 fully saturated rings. The fourth-order valence-corrected chi connectivity index (χ4v) is 2.70. The van der Waals surface area contributed by atoms with Crippen LogP contribution in [0.1, 0.15) is 40.7 Å². The molecule has 1 aliphatic rings. The molecule has 0 radical (unpaired) electrons. The fourth-order valence-electron chi connectivity index (χ4n) is 1.85. The minimum Gasteiger partial charge on any atom is -0.395 e. The van der Waals surface area contributed by atoms with Gasteiger partial charge in [-0.2, -0.15) is 0 Å². The van der Waals surface area contributed by atoms with Crippen molar-refractivity contribution >= 4 is 17.2 Å². The van der Waals surface area contributed by atoms with Crippen molar-refractivity contribution in [1.29, 1.82) is 0 Å². The lowest BCUT2D eigenvalue weighted by molar-refractivity contribution is 0.0762. The first kappa shape index (κ1) is 14.1. The quantitative estimate of drug-likeness (QED) is 0.839. The van der Waals surface area contributed by atoms with Crippen LogP contribution in [-0.2, 0) is 0 Å². The molecule has 0 aliphatic heterocycles. The monoisotopic (exact) mass is 277 g/mol. The standard InChI is InChI=1S/C15H19NO2S/c1-2-16(11-12-6-7-12)15(18)14-9-8-13(19-14)5-3-4-10-17/h8-9,12,17H,2,4,6-7,10-11H2,1H3. The number of carbonyl (C=O) groups is 1. The second-order valence-electron chi connectivity index (χ2n) is 4.73. The van der Waals surface area contributed by atoms with Crippen molar-refractivity contribution in [3.63, 3.8) is 0 Å². The Hall–Kier alpha value is -1.31. The maximum atomic E-state index is 12.3. The molecule has 0 atom stereocenters. The summed E-state index contributed by atoms with van der Waals surface area (Å²) in [7, 11) is 0. The Balaban J connectivity index is 2.00. The highest BCUT2D eigenvalue weighted by Crippen LogP contribution is 2.30. The van der Waals surface area contributed by atoms with E-state index in [0.29, 0.717) is 12.3 Å². The number of hydrogen-bond acceptors (Lipinski definition) is 3. The molecule has 0 unspecified atom stereocenters. The van der Waals surface area contributed by atoms with E-state index in [1.54, 1.807) is 0 Å². The third kappa shape index (κ3) is 4.09. The van der Waals surface area contributed by atoms with E-state index in [1.165, 1.54) is 24.2 Å². The fraction of sp³-hybridized carbons (Fsp3) is 0.533. The van der Waals surface area contributed by atoms with Gasteiger partial charge in [0.15, 0.2) is 0 Å². The number of hydrogen-bond donors (Lipinski definition) is 1. The van der Waals surface area contributed by atoms with E-state index in [0.717, 1.165) is 22.8 Å². The molecule has 1 aliphatic carbocycles. The lowest BCUT2D eigenvalue weighted by atomic mass is 10.3. The van der Waals surface area contributed by atoms with E-state index in [2.05, 4.69) is 11.8 Å². The lowest BCUT2D eigenvalue weighted by Gasteiger charge is -2.19. The number of thiophene rings is 1. The summed E-state index contributed by atoms with van der Waals surface area (Å²) >= 11 is 1.44. The van der Waals surface area contributed by atoms with Crippen molar-refractivity contribution in [2.24, 2.45) is 5.92 Å². The summed E-state index contributed by atoms with van der Waals surface area (Å²) in [4.78, 5) is 15.9. The van der Waals surface area contributed by atoms with Crippen LogP contribution in [-0.4, -0.2) is 35.6 Å². The Kier molecular flexibility index (Phi) is 5.00. The lowest BCUT2D eigenvalue weighted by Crippen LogP contribution is -2.32. The molecule has 1 amide bonds. The van der Waals surface area contributed by atoms with Crippen LogP contribution in [0.5, 0.6) is 0 Å². The Morgan fingerprint density at radius 2 is 2.32 bits per heavy atom. The third-order valence-corrected chi connectivity index (χ3v) is 4.10. The molecular formula is C15H19NO2S. The summed E-state index contributed by atoms with van der Waals surface area (Å²) < 4.78 is 0. The predicted octanol–water partition coefficient (Wildman–Crippen LogP) is 2.35. The van der Waals surface area contributed by atoms with Gasteiger partial charge in [-0.1, -0.05) is 11.8 Å². The molecule has 1 heterocycles. The molecular weight excluding hydrogens is 258 g/mol. The molecule has 19 heavy (non-hydrogen) atoms. The number of carbonyl (C=O) groups excluding carboxylic acids is 1. The number of aliphatic hydroxyl groups excluding tert-OH is 1. The van der Waals surface area contributed by atoms with Gasteiger partial charge >= 0.3 is 0 Å². The molecule has 102 valence electrons. The van der Waals surface area contributed by atoms with Gasteiger partial charge in [-0.15, -0.1) is 11.3 Å². The number of aliphatic hydroxyl groups is 1. The van der Waals surface area contributed by atoms with E-state index >= 15 is 0 Å². The summed E-state index contributed by atoms with van der Waals surface area (Å²) in [5, 5.41) is 8.67. The molecule has 1 aromatic heterocycles. The van der Waals surface area contributed by atoms with Crippen LogP contribution < -0.4 is 0 Å².